The molecule has 0 fully saturated rings. The highest BCUT2D eigenvalue weighted by Gasteiger charge is 2.12. The van der Waals surface area contributed by atoms with E-state index in [9.17, 15) is 4.79 Å². The van der Waals surface area contributed by atoms with Gasteiger partial charge in [-0.15, -0.1) is 11.8 Å². The fourth-order valence-electron chi connectivity index (χ4n) is 1.81. The predicted octanol–water partition coefficient (Wildman–Crippen LogP) is 4.39. The van der Waals surface area contributed by atoms with Crippen LogP contribution in [0, 0.1) is 0 Å². The first kappa shape index (κ1) is 16.1. The van der Waals surface area contributed by atoms with Gasteiger partial charge in [-0.25, -0.2) is 0 Å². The quantitative estimate of drug-likeness (QED) is 0.824. The summed E-state index contributed by atoms with van der Waals surface area (Å²) in [4.78, 5) is 12.1. The number of rotatable bonds is 6. The molecule has 0 aliphatic heterocycles. The maximum Gasteiger partial charge on any atom is 0.233 e. The van der Waals surface area contributed by atoms with Crippen molar-refractivity contribution in [1.82, 2.24) is 5.32 Å². The van der Waals surface area contributed by atoms with Gasteiger partial charge in [-0.05, 0) is 30.2 Å². The Morgan fingerprint density at radius 2 is 1.76 bits per heavy atom. The molecule has 0 spiro atoms. The summed E-state index contributed by atoms with van der Waals surface area (Å²) in [6, 6.07) is 18.2. The Balaban J connectivity index is 1.76. The van der Waals surface area contributed by atoms with Crippen LogP contribution in [0.2, 0.25) is 0 Å². The van der Waals surface area contributed by atoms with E-state index < -0.39 is 0 Å². The van der Waals surface area contributed by atoms with Gasteiger partial charge in [0.05, 0.1) is 5.25 Å². The first-order valence-corrected chi connectivity index (χ1v) is 8.67. The van der Waals surface area contributed by atoms with E-state index in [4.69, 9.17) is 0 Å². The van der Waals surface area contributed by atoms with Gasteiger partial charge in [0.25, 0.3) is 0 Å². The lowest BCUT2D eigenvalue weighted by molar-refractivity contribution is -0.120. The zero-order chi connectivity index (χ0) is 15.1. The van der Waals surface area contributed by atoms with Crippen LogP contribution in [-0.4, -0.2) is 11.2 Å². The first-order valence-electron chi connectivity index (χ1n) is 6.83. The van der Waals surface area contributed by atoms with Gasteiger partial charge in [0.15, 0.2) is 0 Å². The zero-order valence-electron chi connectivity index (χ0n) is 11.9. The number of hydrogen-bond acceptors (Lipinski definition) is 2. The third-order valence-corrected chi connectivity index (χ3v) is 4.83. The molecule has 1 N–H and O–H groups in total. The molecule has 0 saturated heterocycles. The fraction of sp³-hybridized carbons (Fsp3) is 0.235. The molecule has 2 aromatic rings. The van der Waals surface area contributed by atoms with Crippen LogP contribution in [0.5, 0.6) is 0 Å². The van der Waals surface area contributed by atoms with Crippen molar-refractivity contribution in [3.63, 3.8) is 0 Å². The Labute approximate surface area is 138 Å². The molecule has 0 aliphatic carbocycles. The second kappa shape index (κ2) is 8.25. The molecule has 0 heterocycles. The van der Waals surface area contributed by atoms with Crippen molar-refractivity contribution in [3.05, 3.63) is 70.2 Å². The minimum atomic E-state index is -0.0580. The van der Waals surface area contributed by atoms with Crippen LogP contribution < -0.4 is 5.32 Å². The maximum atomic E-state index is 12.1. The summed E-state index contributed by atoms with van der Waals surface area (Å²) in [6.45, 7) is 2.53. The number of hydrogen-bond donors (Lipinski definition) is 1. The Hall–Kier alpha value is -1.26. The van der Waals surface area contributed by atoms with Crippen molar-refractivity contribution in [1.29, 1.82) is 0 Å². The molecule has 0 aromatic heterocycles. The molecule has 0 aliphatic rings. The first-order chi connectivity index (χ1) is 10.1. The van der Waals surface area contributed by atoms with E-state index in [0.29, 0.717) is 6.54 Å². The van der Waals surface area contributed by atoms with Crippen LogP contribution in [0.15, 0.2) is 59.1 Å². The second-order valence-electron chi connectivity index (χ2n) is 4.78. The van der Waals surface area contributed by atoms with Gasteiger partial charge in [0, 0.05) is 16.8 Å². The third-order valence-electron chi connectivity index (χ3n) is 3.09. The number of halogens is 1. The van der Waals surface area contributed by atoms with Crippen molar-refractivity contribution >= 4 is 33.6 Å². The van der Waals surface area contributed by atoms with Gasteiger partial charge in [-0.3, -0.25) is 4.79 Å². The molecule has 2 aromatic carbocycles. The normalized spacial score (nSPS) is 11.9. The lowest BCUT2D eigenvalue weighted by Crippen LogP contribution is -2.30. The van der Waals surface area contributed by atoms with E-state index in [1.807, 2.05) is 49.4 Å². The molecule has 0 unspecified atom stereocenters. The summed E-state index contributed by atoms with van der Waals surface area (Å²) >= 11 is 5.07. The summed E-state index contributed by atoms with van der Waals surface area (Å²) in [6.07, 6.45) is 0. The molecule has 0 saturated carbocycles. The summed E-state index contributed by atoms with van der Waals surface area (Å²) in [5, 5.41) is 2.92. The molecular formula is C17H18BrNOS. The summed E-state index contributed by atoms with van der Waals surface area (Å²) in [7, 11) is 0. The van der Waals surface area contributed by atoms with E-state index >= 15 is 0 Å². The third kappa shape index (κ3) is 5.56. The standard InChI is InChI=1S/C17H18BrNOS/c1-13(21-12-15-7-9-16(18)10-8-15)17(20)19-11-14-5-3-2-4-6-14/h2-10,13H,11-12H2,1H3,(H,19,20)/t13-/m1/s1. The van der Waals surface area contributed by atoms with Gasteiger partial charge in [0.1, 0.15) is 0 Å². The van der Waals surface area contributed by atoms with Gasteiger partial charge in [-0.2, -0.15) is 0 Å². The Morgan fingerprint density at radius 3 is 2.43 bits per heavy atom. The number of thioether (sulfide) groups is 1. The van der Waals surface area contributed by atoms with Gasteiger partial charge < -0.3 is 5.32 Å². The van der Waals surface area contributed by atoms with E-state index in [2.05, 4.69) is 33.4 Å². The smallest absolute Gasteiger partial charge is 0.233 e. The molecule has 21 heavy (non-hydrogen) atoms. The topological polar surface area (TPSA) is 29.1 Å². The molecule has 0 radical (unpaired) electrons. The average Bonchev–Trinajstić information content (AvgIpc) is 2.52. The number of nitrogens with one attached hydrogen (secondary N) is 1. The highest BCUT2D eigenvalue weighted by molar-refractivity contribution is 9.10. The van der Waals surface area contributed by atoms with Crippen molar-refractivity contribution in [2.45, 2.75) is 24.5 Å². The van der Waals surface area contributed by atoms with Gasteiger partial charge in [-0.1, -0.05) is 58.4 Å². The average molecular weight is 364 g/mol. The van der Waals surface area contributed by atoms with Gasteiger partial charge >= 0.3 is 0 Å². The van der Waals surface area contributed by atoms with Crippen molar-refractivity contribution in [2.24, 2.45) is 0 Å². The fourth-order valence-corrected chi connectivity index (χ4v) is 2.94. The van der Waals surface area contributed by atoms with Gasteiger partial charge in [0.2, 0.25) is 5.91 Å². The Kier molecular flexibility index (Phi) is 6.33. The van der Waals surface area contributed by atoms with E-state index in [1.165, 1.54) is 5.56 Å². The van der Waals surface area contributed by atoms with Crippen LogP contribution >= 0.6 is 27.7 Å². The van der Waals surface area contributed by atoms with Crippen LogP contribution in [0.25, 0.3) is 0 Å². The Morgan fingerprint density at radius 1 is 1.10 bits per heavy atom. The monoisotopic (exact) mass is 363 g/mol. The highest BCUT2D eigenvalue weighted by atomic mass is 79.9. The number of carbonyl (C=O) groups excluding carboxylic acids is 1. The summed E-state index contributed by atoms with van der Waals surface area (Å²) < 4.78 is 1.07. The number of benzene rings is 2. The van der Waals surface area contributed by atoms with Crippen LogP contribution in [0.4, 0.5) is 0 Å². The Bertz CT molecular complexity index is 571. The molecule has 1 atom stereocenters. The van der Waals surface area contributed by atoms with E-state index in [-0.39, 0.29) is 11.2 Å². The number of amides is 1. The zero-order valence-corrected chi connectivity index (χ0v) is 14.3. The van der Waals surface area contributed by atoms with Crippen LogP contribution in [0.1, 0.15) is 18.1 Å². The maximum absolute atomic E-state index is 12.1. The van der Waals surface area contributed by atoms with Crippen molar-refractivity contribution in [2.75, 3.05) is 0 Å². The number of carbonyl (C=O) groups is 1. The van der Waals surface area contributed by atoms with Crippen molar-refractivity contribution < 1.29 is 4.79 Å². The van der Waals surface area contributed by atoms with Crippen molar-refractivity contribution in [3.8, 4) is 0 Å². The molecule has 4 heteroatoms. The largest absolute Gasteiger partial charge is 0.351 e. The highest BCUT2D eigenvalue weighted by Crippen LogP contribution is 2.19. The van der Waals surface area contributed by atoms with Crippen LogP contribution in [0.3, 0.4) is 0 Å². The predicted molar refractivity (Wildman–Crippen MR) is 93.2 cm³/mol. The second-order valence-corrected chi connectivity index (χ2v) is 7.03. The van der Waals surface area contributed by atoms with Crippen LogP contribution in [-0.2, 0) is 17.1 Å². The molecular weight excluding hydrogens is 346 g/mol. The van der Waals surface area contributed by atoms with E-state index in [1.54, 1.807) is 11.8 Å². The molecule has 2 rings (SSSR count). The summed E-state index contributed by atoms with van der Waals surface area (Å²) in [5.74, 6) is 0.925. The SMILES string of the molecule is C[C@@H](SCc1ccc(Br)cc1)C(=O)NCc1ccccc1. The minimum Gasteiger partial charge on any atom is -0.351 e. The molecule has 2 nitrogen and oxygen atoms in total. The minimum absolute atomic E-state index is 0.0580. The molecule has 0 bridgehead atoms. The van der Waals surface area contributed by atoms with E-state index in [0.717, 1.165) is 15.8 Å². The summed E-state index contributed by atoms with van der Waals surface area (Å²) in [5.41, 5.74) is 2.35. The molecule has 1 amide bonds. The lowest BCUT2D eigenvalue weighted by atomic mass is 10.2. The lowest BCUT2D eigenvalue weighted by Gasteiger charge is -2.12. The molecule has 110 valence electrons.